The summed E-state index contributed by atoms with van der Waals surface area (Å²) in [6.07, 6.45) is -4.80. The Kier molecular flexibility index (Phi) is 11.4. The predicted octanol–water partition coefficient (Wildman–Crippen LogP) is 17.3. The molecular weight excluding hydrogens is 908 g/mol. The molecule has 0 aliphatic carbocycles. The minimum atomic E-state index is -4.80. The maximum atomic E-state index is 15.9. The molecule has 0 saturated heterocycles. The molecule has 0 N–H and O–H groups in total. The van der Waals surface area contributed by atoms with E-state index in [1.807, 2.05) is 158 Å². The van der Waals surface area contributed by atoms with Crippen LogP contribution in [0.15, 0.2) is 231 Å². The number of rotatable bonds is 9. The summed E-state index contributed by atoms with van der Waals surface area (Å²) in [6, 6.07) is 74.0. The zero-order chi connectivity index (χ0) is 49.6. The molecule has 0 bridgehead atoms. The van der Waals surface area contributed by atoms with Crippen molar-refractivity contribution in [3.8, 4) is 95.7 Å². The fourth-order valence-electron chi connectivity index (χ4n) is 9.94. The number of alkyl halides is 3. The SMILES string of the molecule is Cc1ccccc1-c1ccc2c(c1)c1cc(-c3ccccc3C)ccc1n2-c1c(-c2nc(-c3ccccc3)cc(-c3ccccc3)n2)cc(C(F)(F)F)cc1-c1nc(-c2ccccc2)cc(-c2ccccc2)n1. The predicted molar refractivity (Wildman–Crippen MR) is 290 cm³/mol. The molecular formula is C65H44F3N5. The standard InChI is InChI=1S/C65H44F3N5/c1-41-19-15-17-29-50(41)47-31-33-60-52(35-47)53-36-48(51-30-18-16-20-42(51)2)32-34-61(53)73(60)62-54(63-69-56(43-21-7-3-8-22-43)39-57(70-63)44-23-9-4-10-24-44)37-49(65(66,67)68)38-55(62)64-71-58(45-25-11-5-12-26-45)40-59(72-64)46-27-13-6-14-28-46/h3-40H,1-2H3. The average molecular weight is 952 g/mol. The molecule has 0 radical (unpaired) electrons. The van der Waals surface area contributed by atoms with Crippen LogP contribution in [0.5, 0.6) is 0 Å². The van der Waals surface area contributed by atoms with E-state index in [-0.39, 0.29) is 22.8 Å². The molecule has 350 valence electrons. The molecule has 8 heteroatoms. The summed E-state index contributed by atoms with van der Waals surface area (Å²) >= 11 is 0. The Morgan fingerprint density at radius 1 is 0.329 bits per heavy atom. The van der Waals surface area contributed by atoms with E-state index in [1.54, 1.807) is 0 Å². The number of fused-ring (bicyclic) bond motifs is 3. The van der Waals surface area contributed by atoms with Crippen LogP contribution in [0, 0.1) is 13.8 Å². The van der Waals surface area contributed by atoms with Crippen molar-refractivity contribution >= 4 is 21.8 Å². The van der Waals surface area contributed by atoms with E-state index in [0.29, 0.717) is 28.5 Å². The molecule has 0 saturated carbocycles. The second-order valence-electron chi connectivity index (χ2n) is 18.2. The third kappa shape index (κ3) is 8.53. The lowest BCUT2D eigenvalue weighted by Crippen LogP contribution is -2.11. The van der Waals surface area contributed by atoms with Gasteiger partial charge in [-0.25, -0.2) is 19.9 Å². The van der Waals surface area contributed by atoms with Gasteiger partial charge in [0.2, 0.25) is 0 Å². The second kappa shape index (κ2) is 18.5. The van der Waals surface area contributed by atoms with E-state index in [4.69, 9.17) is 19.9 Å². The van der Waals surface area contributed by atoms with Crippen molar-refractivity contribution in [3.05, 3.63) is 247 Å². The summed E-state index contributed by atoms with van der Waals surface area (Å²) in [6.45, 7) is 4.20. The lowest BCUT2D eigenvalue weighted by Gasteiger charge is -2.21. The fourth-order valence-corrected chi connectivity index (χ4v) is 9.94. The van der Waals surface area contributed by atoms with Gasteiger partial charge in [0.15, 0.2) is 11.6 Å². The highest BCUT2D eigenvalue weighted by Gasteiger charge is 2.35. The first-order chi connectivity index (χ1) is 35.6. The highest BCUT2D eigenvalue weighted by molar-refractivity contribution is 6.13. The molecule has 0 unspecified atom stereocenters. The van der Waals surface area contributed by atoms with Crippen molar-refractivity contribution in [2.75, 3.05) is 0 Å². The van der Waals surface area contributed by atoms with E-state index in [0.717, 1.165) is 77.4 Å². The van der Waals surface area contributed by atoms with Gasteiger partial charge in [-0.3, -0.25) is 0 Å². The number of hydrogen-bond acceptors (Lipinski definition) is 4. The molecule has 12 aromatic rings. The molecule has 5 nitrogen and oxygen atoms in total. The largest absolute Gasteiger partial charge is 0.416 e. The lowest BCUT2D eigenvalue weighted by molar-refractivity contribution is -0.137. The first-order valence-electron chi connectivity index (χ1n) is 24.1. The van der Waals surface area contributed by atoms with Crippen LogP contribution in [0.25, 0.3) is 118 Å². The van der Waals surface area contributed by atoms with Gasteiger partial charge in [0.25, 0.3) is 0 Å². The lowest BCUT2D eigenvalue weighted by atomic mass is 9.97. The van der Waals surface area contributed by atoms with Crippen LogP contribution >= 0.6 is 0 Å². The van der Waals surface area contributed by atoms with E-state index in [2.05, 4.69) is 79.1 Å². The van der Waals surface area contributed by atoms with Crippen molar-refractivity contribution in [2.24, 2.45) is 0 Å². The maximum absolute atomic E-state index is 15.9. The van der Waals surface area contributed by atoms with Gasteiger partial charge in [-0.2, -0.15) is 13.2 Å². The van der Waals surface area contributed by atoms with E-state index >= 15 is 13.2 Å². The van der Waals surface area contributed by atoms with Crippen LogP contribution in [-0.2, 0) is 6.18 Å². The summed E-state index contributed by atoms with van der Waals surface area (Å²) in [5.74, 6) is 0.209. The average Bonchev–Trinajstić information content (AvgIpc) is 3.76. The van der Waals surface area contributed by atoms with Gasteiger partial charge in [-0.05, 0) is 95.8 Å². The molecule has 0 aliphatic rings. The van der Waals surface area contributed by atoms with Crippen LogP contribution in [0.3, 0.4) is 0 Å². The minimum Gasteiger partial charge on any atom is -0.308 e. The first kappa shape index (κ1) is 44.9. The molecule has 0 aliphatic heterocycles. The topological polar surface area (TPSA) is 56.5 Å². The molecule has 73 heavy (non-hydrogen) atoms. The highest BCUT2D eigenvalue weighted by atomic mass is 19.4. The van der Waals surface area contributed by atoms with Crippen molar-refractivity contribution in [1.82, 2.24) is 24.5 Å². The van der Waals surface area contributed by atoms with Crippen molar-refractivity contribution in [3.63, 3.8) is 0 Å². The summed E-state index contributed by atoms with van der Waals surface area (Å²) in [4.78, 5) is 20.9. The van der Waals surface area contributed by atoms with Crippen molar-refractivity contribution in [2.45, 2.75) is 20.0 Å². The first-order valence-corrected chi connectivity index (χ1v) is 24.1. The number of aryl methyl sites for hydroxylation is 2. The third-order valence-corrected chi connectivity index (χ3v) is 13.6. The Balaban J connectivity index is 1.26. The fraction of sp³-hybridized carbons (Fsp3) is 0.0462. The summed E-state index contributed by atoms with van der Waals surface area (Å²) in [5, 5.41) is 1.83. The number of halogens is 3. The van der Waals surface area contributed by atoms with Gasteiger partial charge in [0, 0.05) is 44.2 Å². The smallest absolute Gasteiger partial charge is 0.308 e. The normalized spacial score (nSPS) is 11.6. The Labute approximate surface area is 420 Å². The van der Waals surface area contributed by atoms with Crippen molar-refractivity contribution in [1.29, 1.82) is 0 Å². The van der Waals surface area contributed by atoms with Crippen LogP contribution in [0.4, 0.5) is 13.2 Å². The molecule has 9 aromatic carbocycles. The summed E-state index contributed by atoms with van der Waals surface area (Å²) < 4.78 is 49.8. The highest BCUT2D eigenvalue weighted by Crippen LogP contribution is 2.46. The van der Waals surface area contributed by atoms with Crippen LogP contribution < -0.4 is 0 Å². The van der Waals surface area contributed by atoms with Crippen LogP contribution in [0.2, 0.25) is 0 Å². The van der Waals surface area contributed by atoms with Crippen LogP contribution in [-0.4, -0.2) is 24.5 Å². The van der Waals surface area contributed by atoms with E-state index in [1.165, 1.54) is 12.1 Å². The number of nitrogens with zero attached hydrogens (tertiary/aromatic N) is 5. The molecule has 3 heterocycles. The zero-order valence-electron chi connectivity index (χ0n) is 39.8. The van der Waals surface area contributed by atoms with Gasteiger partial charge in [0.1, 0.15) is 0 Å². The van der Waals surface area contributed by atoms with Gasteiger partial charge in [-0.15, -0.1) is 0 Å². The molecule has 0 amide bonds. The monoisotopic (exact) mass is 951 g/mol. The number of aromatic nitrogens is 5. The quantitative estimate of drug-likeness (QED) is 0.145. The Bertz CT molecular complexity index is 3650. The zero-order valence-corrected chi connectivity index (χ0v) is 39.8. The minimum absolute atomic E-state index is 0.105. The second-order valence-corrected chi connectivity index (χ2v) is 18.2. The number of benzene rings is 9. The van der Waals surface area contributed by atoms with Crippen molar-refractivity contribution < 1.29 is 13.2 Å². The molecule has 0 atom stereocenters. The van der Waals surface area contributed by atoms with Gasteiger partial charge in [-0.1, -0.05) is 182 Å². The van der Waals surface area contributed by atoms with E-state index < -0.39 is 11.7 Å². The number of hydrogen-bond donors (Lipinski definition) is 0. The molecule has 3 aromatic heterocycles. The van der Waals surface area contributed by atoms with E-state index in [9.17, 15) is 0 Å². The molecule has 0 fully saturated rings. The van der Waals surface area contributed by atoms with Gasteiger partial charge in [0.05, 0.1) is 45.1 Å². The molecule has 0 spiro atoms. The summed E-state index contributed by atoms with van der Waals surface area (Å²) in [5.41, 5.74) is 13.1. The Morgan fingerprint density at radius 2 is 0.658 bits per heavy atom. The summed E-state index contributed by atoms with van der Waals surface area (Å²) in [7, 11) is 0. The van der Waals surface area contributed by atoms with Crippen LogP contribution in [0.1, 0.15) is 16.7 Å². The maximum Gasteiger partial charge on any atom is 0.416 e. The Hall–Kier alpha value is -9.27. The third-order valence-electron chi connectivity index (χ3n) is 13.6. The molecule has 12 rings (SSSR count). The van der Waals surface area contributed by atoms with Gasteiger partial charge >= 0.3 is 6.18 Å². The Morgan fingerprint density at radius 3 is 0.986 bits per heavy atom. The van der Waals surface area contributed by atoms with Gasteiger partial charge < -0.3 is 4.57 Å².